The van der Waals surface area contributed by atoms with Crippen molar-refractivity contribution in [1.82, 2.24) is 10.2 Å². The van der Waals surface area contributed by atoms with Crippen molar-refractivity contribution in [3.8, 4) is 0 Å². The number of nitrogens with zero attached hydrogens (tertiary/aromatic N) is 1. The summed E-state index contributed by atoms with van der Waals surface area (Å²) < 4.78 is 0.985. The predicted octanol–water partition coefficient (Wildman–Crippen LogP) is 4.63. The Balaban J connectivity index is 2.12. The summed E-state index contributed by atoms with van der Waals surface area (Å²) in [5, 5.41) is 2.91. The highest BCUT2D eigenvalue weighted by Crippen LogP contribution is 2.16. The van der Waals surface area contributed by atoms with Gasteiger partial charge in [-0.25, -0.2) is 0 Å². The molecule has 5 heteroatoms. The van der Waals surface area contributed by atoms with Crippen LogP contribution in [-0.2, 0) is 22.6 Å². The minimum Gasteiger partial charge on any atom is -0.352 e. The van der Waals surface area contributed by atoms with E-state index in [4.69, 9.17) is 0 Å². The molecule has 0 saturated carbocycles. The average molecular weight is 445 g/mol. The van der Waals surface area contributed by atoms with Gasteiger partial charge < -0.3 is 10.2 Å². The average Bonchev–Trinajstić information content (AvgIpc) is 2.65. The second-order valence-electron chi connectivity index (χ2n) is 7.47. The van der Waals surface area contributed by atoms with Gasteiger partial charge in [-0.05, 0) is 57.4 Å². The number of carbonyl (C=O) groups excluding carboxylic acids is 2. The van der Waals surface area contributed by atoms with E-state index >= 15 is 0 Å². The fourth-order valence-corrected chi connectivity index (χ4v) is 3.19. The summed E-state index contributed by atoms with van der Waals surface area (Å²) in [4.78, 5) is 27.2. The molecule has 0 aliphatic carbocycles. The van der Waals surface area contributed by atoms with Gasteiger partial charge in [-0.15, -0.1) is 0 Å². The van der Waals surface area contributed by atoms with Crippen LogP contribution in [0, 0.1) is 6.92 Å². The molecule has 0 bridgehead atoms. The monoisotopic (exact) mass is 444 g/mol. The molecule has 0 spiro atoms. The van der Waals surface area contributed by atoms with Gasteiger partial charge in [0, 0.05) is 23.5 Å². The number of benzene rings is 2. The Morgan fingerprint density at radius 2 is 1.54 bits per heavy atom. The summed E-state index contributed by atoms with van der Waals surface area (Å²) in [6.07, 6.45) is 1.04. The van der Waals surface area contributed by atoms with Crippen molar-refractivity contribution in [2.75, 3.05) is 0 Å². The molecule has 1 N–H and O–H groups in total. The number of halogens is 1. The number of carbonyl (C=O) groups is 2. The molecule has 150 valence electrons. The van der Waals surface area contributed by atoms with Crippen LogP contribution < -0.4 is 5.32 Å². The third-order valence-electron chi connectivity index (χ3n) is 4.61. The van der Waals surface area contributed by atoms with Gasteiger partial charge in [0.25, 0.3) is 0 Å². The molecular weight excluding hydrogens is 416 g/mol. The van der Waals surface area contributed by atoms with Gasteiger partial charge in [0.2, 0.25) is 11.8 Å². The fourth-order valence-electron chi connectivity index (χ4n) is 2.92. The molecule has 2 amide bonds. The van der Waals surface area contributed by atoms with E-state index < -0.39 is 6.04 Å². The summed E-state index contributed by atoms with van der Waals surface area (Å²) in [6, 6.07) is 15.5. The maximum Gasteiger partial charge on any atom is 0.242 e. The molecule has 1 unspecified atom stereocenters. The third-order valence-corrected chi connectivity index (χ3v) is 5.14. The van der Waals surface area contributed by atoms with Crippen LogP contribution in [0.4, 0.5) is 0 Å². The molecule has 0 saturated heterocycles. The first-order valence-electron chi connectivity index (χ1n) is 9.66. The van der Waals surface area contributed by atoms with E-state index in [-0.39, 0.29) is 17.9 Å². The zero-order chi connectivity index (χ0) is 20.7. The number of nitrogens with one attached hydrogen (secondary N) is 1. The van der Waals surface area contributed by atoms with Crippen LogP contribution in [0.1, 0.15) is 43.9 Å². The summed E-state index contributed by atoms with van der Waals surface area (Å²) in [6.45, 7) is 8.09. The second-order valence-corrected chi connectivity index (χ2v) is 8.39. The summed E-state index contributed by atoms with van der Waals surface area (Å²) >= 11 is 3.43. The molecule has 0 fully saturated rings. The van der Waals surface area contributed by atoms with Crippen LogP contribution in [-0.4, -0.2) is 28.8 Å². The first-order chi connectivity index (χ1) is 13.3. The molecule has 1 atom stereocenters. The maximum atomic E-state index is 13.0. The molecule has 0 radical (unpaired) electrons. The maximum absolute atomic E-state index is 13.0. The van der Waals surface area contributed by atoms with E-state index in [9.17, 15) is 9.59 Å². The van der Waals surface area contributed by atoms with E-state index in [0.29, 0.717) is 19.4 Å². The molecule has 28 heavy (non-hydrogen) atoms. The lowest BCUT2D eigenvalue weighted by atomic mass is 10.1. The highest BCUT2D eigenvalue weighted by Gasteiger charge is 2.26. The Hall–Kier alpha value is -2.14. The lowest BCUT2D eigenvalue weighted by molar-refractivity contribution is -0.140. The van der Waals surface area contributed by atoms with Gasteiger partial charge in [-0.3, -0.25) is 9.59 Å². The van der Waals surface area contributed by atoms with Gasteiger partial charge in [0.05, 0.1) is 0 Å². The second kappa shape index (κ2) is 10.4. The molecule has 2 aromatic rings. The molecule has 0 heterocycles. The minimum atomic E-state index is -0.531. The van der Waals surface area contributed by atoms with Crippen molar-refractivity contribution >= 4 is 27.7 Å². The predicted molar refractivity (Wildman–Crippen MR) is 117 cm³/mol. The van der Waals surface area contributed by atoms with Crippen molar-refractivity contribution in [2.45, 2.75) is 59.2 Å². The van der Waals surface area contributed by atoms with Gasteiger partial charge in [-0.2, -0.15) is 0 Å². The highest BCUT2D eigenvalue weighted by molar-refractivity contribution is 9.10. The lowest BCUT2D eigenvalue weighted by Gasteiger charge is -2.29. The van der Waals surface area contributed by atoms with Crippen molar-refractivity contribution in [3.63, 3.8) is 0 Å². The third kappa shape index (κ3) is 6.79. The molecule has 0 aliphatic heterocycles. The first-order valence-corrected chi connectivity index (χ1v) is 10.5. The molecule has 2 aromatic carbocycles. The number of hydrogen-bond donors (Lipinski definition) is 1. The van der Waals surface area contributed by atoms with E-state index in [1.807, 2.05) is 45.0 Å². The van der Waals surface area contributed by atoms with Crippen LogP contribution >= 0.6 is 15.9 Å². The number of amides is 2. The van der Waals surface area contributed by atoms with Crippen LogP contribution in [0.5, 0.6) is 0 Å². The Morgan fingerprint density at radius 1 is 0.964 bits per heavy atom. The lowest BCUT2D eigenvalue weighted by Crippen LogP contribution is -2.49. The topological polar surface area (TPSA) is 49.4 Å². The Kier molecular flexibility index (Phi) is 8.24. The first kappa shape index (κ1) is 22.2. The summed E-state index contributed by atoms with van der Waals surface area (Å²) in [5.41, 5.74) is 3.32. The molecule has 2 rings (SSSR count). The Morgan fingerprint density at radius 3 is 2.11 bits per heavy atom. The smallest absolute Gasteiger partial charge is 0.242 e. The Labute approximate surface area is 176 Å². The number of aryl methyl sites for hydroxylation is 2. The van der Waals surface area contributed by atoms with Crippen molar-refractivity contribution in [1.29, 1.82) is 0 Å². The van der Waals surface area contributed by atoms with Crippen molar-refractivity contribution in [2.24, 2.45) is 0 Å². The van der Waals surface area contributed by atoms with E-state index in [1.54, 1.807) is 11.8 Å². The van der Waals surface area contributed by atoms with Gasteiger partial charge >= 0.3 is 0 Å². The quantitative estimate of drug-likeness (QED) is 0.644. The standard InChI is InChI=1S/C23H29BrN2O2/c1-16(2)25-23(28)18(4)26(15-20-9-12-21(24)13-10-20)22(27)14-11-19-7-5-17(3)6-8-19/h5-10,12-13,16,18H,11,14-15H2,1-4H3,(H,25,28). The highest BCUT2D eigenvalue weighted by atomic mass is 79.9. The normalized spacial score (nSPS) is 11.9. The van der Waals surface area contributed by atoms with Gasteiger partial charge in [0.1, 0.15) is 6.04 Å². The summed E-state index contributed by atoms with van der Waals surface area (Å²) in [7, 11) is 0. The fraction of sp³-hybridized carbons (Fsp3) is 0.391. The molecule has 0 aliphatic rings. The van der Waals surface area contributed by atoms with Gasteiger partial charge in [0.15, 0.2) is 0 Å². The zero-order valence-corrected chi connectivity index (χ0v) is 18.6. The van der Waals surface area contributed by atoms with E-state index in [1.165, 1.54) is 5.56 Å². The largest absolute Gasteiger partial charge is 0.352 e. The molecule has 0 aromatic heterocycles. The van der Waals surface area contributed by atoms with E-state index in [2.05, 4.69) is 45.5 Å². The molecular formula is C23H29BrN2O2. The summed E-state index contributed by atoms with van der Waals surface area (Å²) in [5.74, 6) is -0.148. The van der Waals surface area contributed by atoms with Crippen molar-refractivity contribution in [3.05, 3.63) is 69.7 Å². The van der Waals surface area contributed by atoms with Crippen molar-refractivity contribution < 1.29 is 9.59 Å². The zero-order valence-electron chi connectivity index (χ0n) is 17.0. The van der Waals surface area contributed by atoms with Crippen LogP contribution in [0.15, 0.2) is 53.0 Å². The minimum absolute atomic E-state index is 0.0186. The number of hydrogen-bond acceptors (Lipinski definition) is 2. The van der Waals surface area contributed by atoms with Crippen LogP contribution in [0.3, 0.4) is 0 Å². The van der Waals surface area contributed by atoms with E-state index in [0.717, 1.165) is 15.6 Å². The van der Waals surface area contributed by atoms with Gasteiger partial charge in [-0.1, -0.05) is 57.9 Å². The van der Waals surface area contributed by atoms with Crippen LogP contribution in [0.25, 0.3) is 0 Å². The molecule has 4 nitrogen and oxygen atoms in total. The Bertz CT molecular complexity index is 785. The number of rotatable bonds is 8. The van der Waals surface area contributed by atoms with Crippen LogP contribution in [0.2, 0.25) is 0 Å². The SMILES string of the molecule is Cc1ccc(CCC(=O)N(Cc2ccc(Br)cc2)C(C)C(=O)NC(C)C)cc1.